The van der Waals surface area contributed by atoms with Crippen LogP contribution in [0.3, 0.4) is 0 Å². The lowest BCUT2D eigenvalue weighted by molar-refractivity contribution is 0.390. The van der Waals surface area contributed by atoms with E-state index in [9.17, 15) is 0 Å². The predicted molar refractivity (Wildman–Crippen MR) is 88.4 cm³/mol. The third-order valence-corrected chi connectivity index (χ3v) is 4.54. The molecule has 1 aliphatic heterocycles. The van der Waals surface area contributed by atoms with Gasteiger partial charge >= 0.3 is 0 Å². The molecule has 0 aliphatic carbocycles. The van der Waals surface area contributed by atoms with Gasteiger partial charge in [0.15, 0.2) is 0 Å². The summed E-state index contributed by atoms with van der Waals surface area (Å²) in [5, 5.41) is 3.55. The third kappa shape index (κ3) is 3.76. The van der Waals surface area contributed by atoms with Gasteiger partial charge in [-0.2, -0.15) is 0 Å². The Morgan fingerprint density at radius 1 is 1.20 bits per heavy atom. The molecule has 1 heterocycles. The molecule has 2 rings (SSSR count). The summed E-state index contributed by atoms with van der Waals surface area (Å²) in [4.78, 5) is 2.57. The first-order valence-electron chi connectivity index (χ1n) is 8.21. The number of anilines is 1. The zero-order valence-electron chi connectivity index (χ0n) is 13.5. The Bertz CT molecular complexity index is 398. The Balaban J connectivity index is 2.03. The molecule has 1 aromatic carbocycles. The average Bonchev–Trinajstić information content (AvgIpc) is 2.47. The molecule has 0 bridgehead atoms. The van der Waals surface area contributed by atoms with Gasteiger partial charge in [0.1, 0.15) is 0 Å². The number of piperidine rings is 1. The second kappa shape index (κ2) is 7.12. The van der Waals surface area contributed by atoms with E-state index in [1.807, 2.05) is 0 Å². The molecule has 20 heavy (non-hydrogen) atoms. The number of nitrogens with one attached hydrogen (secondary N) is 1. The van der Waals surface area contributed by atoms with E-state index in [-0.39, 0.29) is 0 Å². The van der Waals surface area contributed by atoms with Crippen LogP contribution in [0, 0.1) is 5.92 Å². The molecule has 1 saturated heterocycles. The number of rotatable bonds is 5. The van der Waals surface area contributed by atoms with Crippen LogP contribution in [0.4, 0.5) is 5.69 Å². The molecular weight excluding hydrogens is 244 g/mol. The van der Waals surface area contributed by atoms with Crippen LogP contribution < -0.4 is 10.2 Å². The van der Waals surface area contributed by atoms with Gasteiger partial charge in [-0.05, 0) is 63.3 Å². The van der Waals surface area contributed by atoms with Gasteiger partial charge in [0.05, 0.1) is 0 Å². The van der Waals surface area contributed by atoms with E-state index in [2.05, 4.69) is 62.2 Å². The smallest absolute Gasteiger partial charge is 0.0368 e. The molecule has 0 amide bonds. The SMILES string of the molecule is CCCNC(C)c1ccc(N2CC(C)CCC2C)cc1. The fraction of sp³-hybridized carbons (Fsp3) is 0.667. The van der Waals surface area contributed by atoms with Crippen molar-refractivity contribution in [3.05, 3.63) is 29.8 Å². The largest absolute Gasteiger partial charge is 0.369 e. The molecule has 1 aromatic rings. The predicted octanol–water partition coefficient (Wildman–Crippen LogP) is 4.37. The van der Waals surface area contributed by atoms with Crippen molar-refractivity contribution in [1.29, 1.82) is 0 Å². The highest BCUT2D eigenvalue weighted by Crippen LogP contribution is 2.28. The lowest BCUT2D eigenvalue weighted by Gasteiger charge is -2.38. The fourth-order valence-corrected chi connectivity index (χ4v) is 3.08. The summed E-state index contributed by atoms with van der Waals surface area (Å²) in [5.74, 6) is 0.816. The molecule has 1 N–H and O–H groups in total. The van der Waals surface area contributed by atoms with Gasteiger partial charge in [-0.1, -0.05) is 26.0 Å². The molecule has 0 spiro atoms. The number of benzene rings is 1. The molecule has 3 unspecified atom stereocenters. The van der Waals surface area contributed by atoms with Crippen LogP contribution in [0.1, 0.15) is 58.6 Å². The lowest BCUT2D eigenvalue weighted by atomic mass is 9.94. The van der Waals surface area contributed by atoms with Gasteiger partial charge < -0.3 is 10.2 Å². The van der Waals surface area contributed by atoms with E-state index in [1.54, 1.807) is 0 Å². The number of hydrogen-bond donors (Lipinski definition) is 1. The summed E-state index contributed by atoms with van der Waals surface area (Å²) < 4.78 is 0. The molecular formula is C18H30N2. The summed E-state index contributed by atoms with van der Waals surface area (Å²) >= 11 is 0. The van der Waals surface area contributed by atoms with Gasteiger partial charge in [-0.3, -0.25) is 0 Å². The highest BCUT2D eigenvalue weighted by molar-refractivity contribution is 5.49. The normalized spacial score (nSPS) is 24.7. The summed E-state index contributed by atoms with van der Waals surface area (Å²) in [5.41, 5.74) is 2.77. The Morgan fingerprint density at radius 2 is 1.90 bits per heavy atom. The Labute approximate surface area is 124 Å². The van der Waals surface area contributed by atoms with Crippen LogP contribution in [0.15, 0.2) is 24.3 Å². The van der Waals surface area contributed by atoms with Gasteiger partial charge in [0.2, 0.25) is 0 Å². The Kier molecular flexibility index (Phi) is 5.47. The summed E-state index contributed by atoms with van der Waals surface area (Å²) in [6, 6.07) is 10.3. The second-order valence-electron chi connectivity index (χ2n) is 6.45. The standard InChI is InChI=1S/C18H30N2/c1-5-12-19-16(4)17-8-10-18(11-9-17)20-13-14(2)6-7-15(20)3/h8-11,14-16,19H,5-7,12-13H2,1-4H3. The molecule has 1 aliphatic rings. The fourth-order valence-electron chi connectivity index (χ4n) is 3.08. The third-order valence-electron chi connectivity index (χ3n) is 4.54. The molecule has 0 radical (unpaired) electrons. The maximum Gasteiger partial charge on any atom is 0.0368 e. The van der Waals surface area contributed by atoms with Crippen molar-refractivity contribution in [2.75, 3.05) is 18.0 Å². The van der Waals surface area contributed by atoms with Gasteiger partial charge in [0.25, 0.3) is 0 Å². The Hall–Kier alpha value is -1.02. The van der Waals surface area contributed by atoms with E-state index in [4.69, 9.17) is 0 Å². The zero-order chi connectivity index (χ0) is 14.5. The van der Waals surface area contributed by atoms with Crippen LogP contribution in [0.5, 0.6) is 0 Å². The maximum atomic E-state index is 3.55. The van der Waals surface area contributed by atoms with Crippen LogP contribution in [-0.2, 0) is 0 Å². The van der Waals surface area contributed by atoms with E-state index in [0.717, 1.165) is 12.5 Å². The molecule has 112 valence electrons. The maximum absolute atomic E-state index is 3.55. The van der Waals surface area contributed by atoms with Crippen molar-refractivity contribution in [2.24, 2.45) is 5.92 Å². The first-order valence-corrected chi connectivity index (χ1v) is 8.21. The summed E-state index contributed by atoms with van der Waals surface area (Å²) in [6.45, 7) is 11.5. The minimum absolute atomic E-state index is 0.446. The molecule has 2 nitrogen and oxygen atoms in total. The van der Waals surface area contributed by atoms with Crippen molar-refractivity contribution < 1.29 is 0 Å². The topological polar surface area (TPSA) is 15.3 Å². The van der Waals surface area contributed by atoms with Crippen molar-refractivity contribution in [3.63, 3.8) is 0 Å². The van der Waals surface area contributed by atoms with Crippen molar-refractivity contribution in [1.82, 2.24) is 5.32 Å². The van der Waals surface area contributed by atoms with E-state index < -0.39 is 0 Å². The Morgan fingerprint density at radius 3 is 2.55 bits per heavy atom. The quantitative estimate of drug-likeness (QED) is 0.857. The van der Waals surface area contributed by atoms with Crippen LogP contribution in [-0.4, -0.2) is 19.1 Å². The molecule has 2 heteroatoms. The molecule has 0 aromatic heterocycles. The van der Waals surface area contributed by atoms with E-state index in [0.29, 0.717) is 12.1 Å². The molecule has 0 saturated carbocycles. The van der Waals surface area contributed by atoms with Gasteiger partial charge in [0, 0.05) is 24.3 Å². The van der Waals surface area contributed by atoms with Crippen LogP contribution in [0.2, 0.25) is 0 Å². The van der Waals surface area contributed by atoms with Crippen molar-refractivity contribution in [2.45, 2.75) is 59.0 Å². The highest BCUT2D eigenvalue weighted by Gasteiger charge is 2.22. The van der Waals surface area contributed by atoms with Gasteiger partial charge in [-0.25, -0.2) is 0 Å². The van der Waals surface area contributed by atoms with E-state index >= 15 is 0 Å². The number of hydrogen-bond acceptors (Lipinski definition) is 2. The second-order valence-corrected chi connectivity index (χ2v) is 6.45. The first-order chi connectivity index (χ1) is 9.61. The summed E-state index contributed by atoms with van der Waals surface area (Å²) in [7, 11) is 0. The number of nitrogens with zero attached hydrogens (tertiary/aromatic N) is 1. The van der Waals surface area contributed by atoms with Crippen molar-refractivity contribution >= 4 is 5.69 Å². The molecule has 3 atom stereocenters. The van der Waals surface area contributed by atoms with Crippen LogP contribution in [0.25, 0.3) is 0 Å². The zero-order valence-corrected chi connectivity index (χ0v) is 13.5. The summed E-state index contributed by atoms with van der Waals surface area (Å²) in [6.07, 6.45) is 3.87. The average molecular weight is 274 g/mol. The minimum atomic E-state index is 0.446. The molecule has 1 fully saturated rings. The first kappa shape index (κ1) is 15.4. The van der Waals surface area contributed by atoms with Crippen LogP contribution >= 0.6 is 0 Å². The van der Waals surface area contributed by atoms with Gasteiger partial charge in [-0.15, -0.1) is 0 Å². The highest BCUT2D eigenvalue weighted by atomic mass is 15.2. The lowest BCUT2D eigenvalue weighted by Crippen LogP contribution is -2.41. The monoisotopic (exact) mass is 274 g/mol. The van der Waals surface area contributed by atoms with Crippen molar-refractivity contribution in [3.8, 4) is 0 Å². The minimum Gasteiger partial charge on any atom is -0.369 e. The van der Waals surface area contributed by atoms with E-state index in [1.165, 1.54) is 37.1 Å².